The topological polar surface area (TPSA) is 89.1 Å². The molecule has 1 spiro atoms. The molecule has 2 saturated heterocycles. The minimum atomic E-state index is -0.0896. The molecule has 2 aliphatic carbocycles. The maximum absolute atomic E-state index is 12.8. The lowest BCUT2D eigenvalue weighted by Gasteiger charge is -2.50. The second kappa shape index (κ2) is 7.14. The average Bonchev–Trinajstić information content (AvgIpc) is 3.39. The maximum Gasteiger partial charge on any atom is 0.240 e. The third kappa shape index (κ3) is 3.21. The van der Waals surface area contributed by atoms with E-state index >= 15 is 0 Å². The number of hydrogen-bond acceptors (Lipinski definition) is 6. The van der Waals surface area contributed by atoms with Crippen LogP contribution in [-0.2, 0) is 4.79 Å². The number of nitrogens with one attached hydrogen (secondary N) is 1. The molecule has 4 aliphatic rings. The number of nitrogens with zero attached hydrogens (tertiary/aromatic N) is 5. The van der Waals surface area contributed by atoms with E-state index in [1.54, 1.807) is 0 Å². The van der Waals surface area contributed by atoms with Crippen LogP contribution in [0.1, 0.15) is 88.2 Å². The molecule has 0 bridgehead atoms. The Bertz CT molecular complexity index is 1010. The van der Waals surface area contributed by atoms with E-state index in [-0.39, 0.29) is 28.7 Å². The van der Waals surface area contributed by atoms with Gasteiger partial charge >= 0.3 is 0 Å². The highest BCUT2D eigenvalue weighted by Crippen LogP contribution is 2.55. The Labute approximate surface area is 189 Å². The Morgan fingerprint density at radius 1 is 1.25 bits per heavy atom. The lowest BCUT2D eigenvalue weighted by atomic mass is 9.71. The predicted molar refractivity (Wildman–Crippen MR) is 118 cm³/mol. The monoisotopic (exact) mass is 438 g/mol. The van der Waals surface area contributed by atoms with E-state index in [4.69, 9.17) is 9.52 Å². The summed E-state index contributed by atoms with van der Waals surface area (Å²) >= 11 is 0. The summed E-state index contributed by atoms with van der Waals surface area (Å²) < 4.78 is 8.16. The predicted octanol–water partition coefficient (Wildman–Crippen LogP) is 3.09. The quantitative estimate of drug-likeness (QED) is 0.772. The fourth-order valence-corrected chi connectivity index (χ4v) is 6.14. The Morgan fingerprint density at radius 3 is 2.72 bits per heavy atom. The van der Waals surface area contributed by atoms with E-state index in [0.29, 0.717) is 23.6 Å². The van der Waals surface area contributed by atoms with Crippen molar-refractivity contribution in [3.63, 3.8) is 0 Å². The third-order valence-corrected chi connectivity index (χ3v) is 8.61. The van der Waals surface area contributed by atoms with E-state index in [2.05, 4.69) is 42.4 Å². The zero-order chi connectivity index (χ0) is 22.1. The van der Waals surface area contributed by atoms with Gasteiger partial charge in [0, 0.05) is 49.6 Å². The first-order valence-electron chi connectivity index (χ1n) is 12.2. The molecule has 172 valence electrons. The van der Waals surface area contributed by atoms with Crippen molar-refractivity contribution in [3.05, 3.63) is 29.7 Å². The standard InChI is InChI=1S/C24H34N6O2/c1-15(30-9-8-19(28-30)16-6-4-5-7-16)20-26-27-21(32-20)18-11-25-12-24(18)13-29(14-24)22(31)17-10-23(17,2)3/h8-9,15-18,25H,4-7,10-14H2,1-3H3/t15?,17-,18?/m1/s1. The van der Waals surface area contributed by atoms with Crippen LogP contribution in [-0.4, -0.2) is 57.0 Å². The number of hydrogen-bond donors (Lipinski definition) is 1. The Hall–Kier alpha value is -2.22. The fraction of sp³-hybridized carbons (Fsp3) is 0.750. The molecule has 6 rings (SSSR count). The largest absolute Gasteiger partial charge is 0.423 e. The SMILES string of the molecule is CC(c1nnc(C2CNCC23CN(C(=O)[C@H]2CC2(C)C)C3)o1)n1ccc(C2CCCC2)n1. The highest BCUT2D eigenvalue weighted by atomic mass is 16.4. The van der Waals surface area contributed by atoms with Crippen molar-refractivity contribution in [2.45, 2.75) is 70.8 Å². The van der Waals surface area contributed by atoms with Crippen molar-refractivity contribution in [2.75, 3.05) is 26.2 Å². The number of rotatable bonds is 5. The molecule has 2 unspecified atom stereocenters. The van der Waals surface area contributed by atoms with E-state index in [1.165, 1.54) is 31.4 Å². The summed E-state index contributed by atoms with van der Waals surface area (Å²) in [6.45, 7) is 9.71. The van der Waals surface area contributed by atoms with E-state index in [9.17, 15) is 4.79 Å². The molecule has 2 saturated carbocycles. The first kappa shape index (κ1) is 20.4. The van der Waals surface area contributed by atoms with Crippen molar-refractivity contribution in [3.8, 4) is 0 Å². The maximum atomic E-state index is 12.8. The van der Waals surface area contributed by atoms with Gasteiger partial charge in [-0.3, -0.25) is 9.48 Å². The molecule has 0 radical (unpaired) electrons. The van der Waals surface area contributed by atoms with Crippen LogP contribution in [0.15, 0.2) is 16.7 Å². The highest BCUT2D eigenvalue weighted by molar-refractivity contribution is 5.83. The number of likely N-dealkylation sites (tertiary alicyclic amines) is 1. The normalized spacial score (nSPS) is 29.4. The van der Waals surface area contributed by atoms with Crippen molar-refractivity contribution in [2.24, 2.45) is 16.7 Å². The Kier molecular flexibility index (Phi) is 4.55. The molecule has 1 N–H and O–H groups in total. The van der Waals surface area contributed by atoms with Crippen LogP contribution in [0.2, 0.25) is 0 Å². The molecule has 4 heterocycles. The number of aromatic nitrogens is 4. The van der Waals surface area contributed by atoms with Gasteiger partial charge in [-0.05, 0) is 37.7 Å². The lowest BCUT2D eigenvalue weighted by molar-refractivity contribution is -0.145. The molecule has 4 fully saturated rings. The number of carbonyl (C=O) groups is 1. The van der Waals surface area contributed by atoms with Gasteiger partial charge in [-0.15, -0.1) is 10.2 Å². The molecular weight excluding hydrogens is 404 g/mol. The summed E-state index contributed by atoms with van der Waals surface area (Å²) in [6, 6.07) is 2.05. The summed E-state index contributed by atoms with van der Waals surface area (Å²) in [5.74, 6) is 2.57. The molecule has 1 amide bonds. The highest BCUT2D eigenvalue weighted by Gasteiger charge is 2.59. The van der Waals surface area contributed by atoms with Gasteiger partial charge in [-0.2, -0.15) is 5.10 Å². The summed E-state index contributed by atoms with van der Waals surface area (Å²) in [7, 11) is 0. The van der Waals surface area contributed by atoms with E-state index in [1.807, 2.05) is 15.8 Å². The van der Waals surface area contributed by atoms with Gasteiger partial charge in [0.15, 0.2) is 0 Å². The first-order chi connectivity index (χ1) is 15.4. The second-order valence-electron chi connectivity index (χ2n) is 11.3. The zero-order valence-corrected chi connectivity index (χ0v) is 19.4. The van der Waals surface area contributed by atoms with Gasteiger partial charge in [0.1, 0.15) is 6.04 Å². The lowest BCUT2D eigenvalue weighted by Crippen LogP contribution is -2.62. The van der Waals surface area contributed by atoms with Gasteiger partial charge in [0.25, 0.3) is 0 Å². The summed E-state index contributed by atoms with van der Waals surface area (Å²) in [5, 5.41) is 17.2. The molecule has 32 heavy (non-hydrogen) atoms. The zero-order valence-electron chi connectivity index (χ0n) is 19.4. The molecule has 0 aromatic carbocycles. The van der Waals surface area contributed by atoms with Gasteiger partial charge in [0.2, 0.25) is 17.7 Å². The summed E-state index contributed by atoms with van der Waals surface area (Å²) in [4.78, 5) is 14.8. The Balaban J connectivity index is 1.14. The van der Waals surface area contributed by atoms with Crippen LogP contribution < -0.4 is 5.32 Å². The molecule has 2 aromatic rings. The van der Waals surface area contributed by atoms with E-state index < -0.39 is 0 Å². The van der Waals surface area contributed by atoms with Crippen molar-refractivity contribution in [1.29, 1.82) is 0 Å². The third-order valence-electron chi connectivity index (χ3n) is 8.61. The molecule has 2 aliphatic heterocycles. The first-order valence-corrected chi connectivity index (χ1v) is 12.2. The molecule has 2 aromatic heterocycles. The van der Waals surface area contributed by atoms with Crippen LogP contribution >= 0.6 is 0 Å². The minimum Gasteiger partial charge on any atom is -0.423 e. The summed E-state index contributed by atoms with van der Waals surface area (Å²) in [6.07, 6.45) is 8.14. The van der Waals surface area contributed by atoms with Crippen LogP contribution in [0.5, 0.6) is 0 Å². The van der Waals surface area contributed by atoms with Crippen molar-refractivity contribution < 1.29 is 9.21 Å². The van der Waals surface area contributed by atoms with Gasteiger partial charge in [-0.1, -0.05) is 26.7 Å². The average molecular weight is 439 g/mol. The molecule has 3 atom stereocenters. The van der Waals surface area contributed by atoms with Crippen LogP contribution in [0, 0.1) is 16.7 Å². The van der Waals surface area contributed by atoms with E-state index in [0.717, 1.165) is 32.6 Å². The van der Waals surface area contributed by atoms with Gasteiger partial charge in [-0.25, -0.2) is 0 Å². The number of amides is 1. The Morgan fingerprint density at radius 2 is 2.00 bits per heavy atom. The fourth-order valence-electron chi connectivity index (χ4n) is 6.14. The summed E-state index contributed by atoms with van der Waals surface area (Å²) in [5.41, 5.74) is 1.38. The van der Waals surface area contributed by atoms with Crippen LogP contribution in [0.25, 0.3) is 0 Å². The molecule has 8 heteroatoms. The van der Waals surface area contributed by atoms with Crippen LogP contribution in [0.3, 0.4) is 0 Å². The van der Waals surface area contributed by atoms with Crippen LogP contribution in [0.4, 0.5) is 0 Å². The molecular formula is C24H34N6O2. The number of carbonyl (C=O) groups excluding carboxylic acids is 1. The van der Waals surface area contributed by atoms with Gasteiger partial charge in [0.05, 0.1) is 11.6 Å². The van der Waals surface area contributed by atoms with Gasteiger partial charge < -0.3 is 14.6 Å². The second-order valence-corrected chi connectivity index (χ2v) is 11.3. The minimum absolute atomic E-state index is 0.0169. The van der Waals surface area contributed by atoms with Crippen molar-refractivity contribution >= 4 is 5.91 Å². The smallest absolute Gasteiger partial charge is 0.240 e. The van der Waals surface area contributed by atoms with Crippen molar-refractivity contribution in [1.82, 2.24) is 30.2 Å². The molecule has 8 nitrogen and oxygen atoms in total.